The zero-order valence-electron chi connectivity index (χ0n) is 10.6. The first-order valence-electron chi connectivity index (χ1n) is 5.67. The molecule has 1 heterocycles. The van der Waals surface area contributed by atoms with Crippen molar-refractivity contribution in [1.29, 1.82) is 0 Å². The van der Waals surface area contributed by atoms with E-state index in [1.807, 2.05) is 26.8 Å². The van der Waals surface area contributed by atoms with Crippen LogP contribution in [0.4, 0.5) is 0 Å². The van der Waals surface area contributed by atoms with E-state index in [2.05, 4.69) is 27.3 Å². The fourth-order valence-electron chi connectivity index (χ4n) is 1.88. The third-order valence-electron chi connectivity index (χ3n) is 2.92. The molecule has 0 aliphatic rings. The zero-order valence-corrected chi connectivity index (χ0v) is 10.6. The van der Waals surface area contributed by atoms with E-state index in [0.717, 1.165) is 27.9 Å². The molecule has 0 amide bonds. The van der Waals surface area contributed by atoms with E-state index in [1.54, 1.807) is 0 Å². The number of aryl methyl sites for hydroxylation is 3. The smallest absolute Gasteiger partial charge is 0.137 e. The van der Waals surface area contributed by atoms with Crippen LogP contribution in [-0.2, 0) is 6.54 Å². The van der Waals surface area contributed by atoms with Crippen LogP contribution in [-0.4, -0.2) is 5.16 Å². The summed E-state index contributed by atoms with van der Waals surface area (Å²) >= 11 is 0. The Morgan fingerprint density at radius 1 is 1.33 bits per heavy atom. The van der Waals surface area contributed by atoms with Gasteiger partial charge in [-0.05, 0) is 37.9 Å². The lowest BCUT2D eigenvalue weighted by molar-refractivity contribution is 0.398. The zero-order chi connectivity index (χ0) is 13.1. The summed E-state index contributed by atoms with van der Waals surface area (Å²) in [6.07, 6.45) is 0. The molecule has 1 aromatic carbocycles. The summed E-state index contributed by atoms with van der Waals surface area (Å²) in [6.45, 7) is 6.14. The molecule has 2 aromatic rings. The first-order valence-corrected chi connectivity index (χ1v) is 5.67. The molecule has 0 unspecified atom stereocenters. The maximum atomic E-state index is 8.42. The van der Waals surface area contributed by atoms with E-state index in [-0.39, 0.29) is 6.54 Å². The molecule has 0 N–H and O–H groups in total. The van der Waals surface area contributed by atoms with Crippen LogP contribution in [0.15, 0.2) is 27.8 Å². The van der Waals surface area contributed by atoms with Gasteiger partial charge in [-0.1, -0.05) is 28.0 Å². The Morgan fingerprint density at radius 2 is 2.11 bits per heavy atom. The molecule has 0 saturated heterocycles. The minimum atomic E-state index is 0.258. The van der Waals surface area contributed by atoms with Crippen molar-refractivity contribution in [1.82, 2.24) is 5.16 Å². The van der Waals surface area contributed by atoms with Crippen molar-refractivity contribution < 1.29 is 4.52 Å². The molecule has 0 atom stereocenters. The third-order valence-corrected chi connectivity index (χ3v) is 2.92. The van der Waals surface area contributed by atoms with Crippen LogP contribution in [0.1, 0.15) is 22.5 Å². The van der Waals surface area contributed by atoms with Crippen LogP contribution < -0.4 is 0 Å². The Hall–Kier alpha value is -2.26. The van der Waals surface area contributed by atoms with Gasteiger partial charge in [0.15, 0.2) is 0 Å². The Balaban J connectivity index is 2.56. The SMILES string of the molecule is Cc1ccc(C)c(-c2noc(C)c2CN=[N+]=[N-])c1. The van der Waals surface area contributed by atoms with Crippen molar-refractivity contribution in [2.45, 2.75) is 27.3 Å². The number of rotatable bonds is 3. The van der Waals surface area contributed by atoms with Crippen LogP contribution in [0.3, 0.4) is 0 Å². The Kier molecular flexibility index (Phi) is 3.35. The van der Waals surface area contributed by atoms with Gasteiger partial charge < -0.3 is 4.52 Å². The molecule has 1 aromatic heterocycles. The van der Waals surface area contributed by atoms with Crippen LogP contribution in [0, 0.1) is 20.8 Å². The summed E-state index contributed by atoms with van der Waals surface area (Å²) < 4.78 is 5.21. The molecular formula is C13H14N4O. The highest BCUT2D eigenvalue weighted by Gasteiger charge is 2.15. The summed E-state index contributed by atoms with van der Waals surface area (Å²) in [4.78, 5) is 2.78. The summed E-state index contributed by atoms with van der Waals surface area (Å²) in [5, 5.41) is 7.68. The van der Waals surface area contributed by atoms with Gasteiger partial charge in [0.2, 0.25) is 0 Å². The predicted octanol–water partition coefficient (Wildman–Crippen LogP) is 4.08. The van der Waals surface area contributed by atoms with Crippen molar-refractivity contribution in [2.75, 3.05) is 0 Å². The van der Waals surface area contributed by atoms with Crippen LogP contribution in [0.25, 0.3) is 21.7 Å². The molecule has 2 rings (SSSR count). The van der Waals surface area contributed by atoms with Gasteiger partial charge >= 0.3 is 0 Å². The molecule has 92 valence electrons. The molecule has 0 bridgehead atoms. The summed E-state index contributed by atoms with van der Waals surface area (Å²) in [5.41, 5.74) is 13.3. The third kappa shape index (κ3) is 2.21. The Labute approximate surface area is 105 Å². The van der Waals surface area contributed by atoms with Gasteiger partial charge in [0.1, 0.15) is 11.5 Å². The van der Waals surface area contributed by atoms with Crippen molar-refractivity contribution >= 4 is 0 Å². The molecule has 18 heavy (non-hydrogen) atoms. The van der Waals surface area contributed by atoms with Crippen LogP contribution in [0.2, 0.25) is 0 Å². The normalized spacial score (nSPS) is 10.2. The van der Waals surface area contributed by atoms with Crippen molar-refractivity contribution in [3.63, 3.8) is 0 Å². The van der Waals surface area contributed by atoms with Gasteiger partial charge in [0, 0.05) is 16.0 Å². The lowest BCUT2D eigenvalue weighted by Gasteiger charge is -2.05. The summed E-state index contributed by atoms with van der Waals surface area (Å²) in [5.74, 6) is 0.693. The Morgan fingerprint density at radius 3 is 2.83 bits per heavy atom. The standard InChI is InChI=1S/C13H14N4O/c1-8-4-5-9(2)11(6-8)13-12(7-15-17-14)10(3)18-16-13/h4-6H,7H2,1-3H3. The molecule has 0 radical (unpaired) electrons. The number of hydrogen-bond donors (Lipinski definition) is 0. The number of aromatic nitrogens is 1. The minimum Gasteiger partial charge on any atom is -0.361 e. The average molecular weight is 242 g/mol. The molecule has 5 nitrogen and oxygen atoms in total. The molecule has 0 fully saturated rings. The van der Waals surface area contributed by atoms with E-state index in [1.165, 1.54) is 0 Å². The van der Waals surface area contributed by atoms with Gasteiger partial charge in [0.25, 0.3) is 0 Å². The fourth-order valence-corrected chi connectivity index (χ4v) is 1.88. The van der Waals surface area contributed by atoms with E-state index in [9.17, 15) is 0 Å². The van der Waals surface area contributed by atoms with Crippen molar-refractivity contribution in [2.24, 2.45) is 5.11 Å². The van der Waals surface area contributed by atoms with Crippen LogP contribution in [0.5, 0.6) is 0 Å². The lowest BCUT2D eigenvalue weighted by Crippen LogP contribution is -1.90. The second-order valence-corrected chi connectivity index (χ2v) is 4.27. The summed E-state index contributed by atoms with van der Waals surface area (Å²) in [6, 6.07) is 6.16. The Bertz CT molecular complexity index is 624. The van der Waals surface area contributed by atoms with E-state index >= 15 is 0 Å². The summed E-state index contributed by atoms with van der Waals surface area (Å²) in [7, 11) is 0. The molecule has 0 spiro atoms. The second kappa shape index (κ2) is 4.94. The molecular weight excluding hydrogens is 228 g/mol. The first-order chi connectivity index (χ1) is 8.63. The average Bonchev–Trinajstić information content (AvgIpc) is 2.71. The molecule has 0 saturated carbocycles. The highest BCUT2D eigenvalue weighted by molar-refractivity contribution is 5.67. The maximum absolute atomic E-state index is 8.42. The van der Waals surface area contributed by atoms with Crippen molar-refractivity contribution in [3.05, 3.63) is 51.1 Å². The lowest BCUT2D eigenvalue weighted by atomic mass is 9.99. The van der Waals surface area contributed by atoms with Crippen LogP contribution >= 0.6 is 0 Å². The largest absolute Gasteiger partial charge is 0.361 e. The van der Waals surface area contributed by atoms with Gasteiger partial charge in [-0.15, -0.1) is 0 Å². The minimum absolute atomic E-state index is 0.258. The number of hydrogen-bond acceptors (Lipinski definition) is 3. The molecule has 0 aliphatic carbocycles. The van der Waals surface area contributed by atoms with Gasteiger partial charge in [0.05, 0.1) is 6.54 Å². The topological polar surface area (TPSA) is 74.8 Å². The highest BCUT2D eigenvalue weighted by atomic mass is 16.5. The first kappa shape index (κ1) is 12.2. The van der Waals surface area contributed by atoms with E-state index in [0.29, 0.717) is 5.76 Å². The predicted molar refractivity (Wildman–Crippen MR) is 69.0 cm³/mol. The monoisotopic (exact) mass is 242 g/mol. The van der Waals surface area contributed by atoms with Gasteiger partial charge in [-0.2, -0.15) is 0 Å². The second-order valence-electron chi connectivity index (χ2n) is 4.27. The maximum Gasteiger partial charge on any atom is 0.137 e. The molecule has 0 aliphatic heterocycles. The quantitative estimate of drug-likeness (QED) is 0.462. The van der Waals surface area contributed by atoms with Gasteiger partial charge in [-0.25, -0.2) is 0 Å². The molecule has 5 heteroatoms. The van der Waals surface area contributed by atoms with E-state index in [4.69, 9.17) is 10.1 Å². The van der Waals surface area contributed by atoms with Gasteiger partial charge in [-0.3, -0.25) is 0 Å². The van der Waals surface area contributed by atoms with Crippen molar-refractivity contribution in [3.8, 4) is 11.3 Å². The number of benzene rings is 1. The number of nitrogens with zero attached hydrogens (tertiary/aromatic N) is 4. The fraction of sp³-hybridized carbons (Fsp3) is 0.308. The number of azide groups is 1. The van der Waals surface area contributed by atoms with E-state index < -0.39 is 0 Å². The highest BCUT2D eigenvalue weighted by Crippen LogP contribution is 2.29.